The molecule has 0 aliphatic rings. The van der Waals surface area contributed by atoms with Crippen LogP contribution < -0.4 is 5.56 Å². The van der Waals surface area contributed by atoms with Gasteiger partial charge in [0, 0.05) is 30.6 Å². The molecule has 2 heterocycles. The van der Waals surface area contributed by atoms with Crippen molar-refractivity contribution in [1.82, 2.24) is 14.1 Å². The van der Waals surface area contributed by atoms with E-state index in [9.17, 15) is 9.18 Å². The van der Waals surface area contributed by atoms with Crippen LogP contribution in [0.3, 0.4) is 0 Å². The van der Waals surface area contributed by atoms with Crippen molar-refractivity contribution in [3.8, 4) is 11.1 Å². The normalized spacial score (nSPS) is 11.5. The van der Waals surface area contributed by atoms with Crippen molar-refractivity contribution in [3.63, 3.8) is 0 Å². The molecule has 0 amide bonds. The third-order valence-electron chi connectivity index (χ3n) is 4.91. The molecule has 0 aliphatic carbocycles. The number of benzene rings is 2. The zero-order chi connectivity index (χ0) is 20.5. The molecule has 0 aliphatic heterocycles. The topological polar surface area (TPSA) is 39.8 Å². The van der Waals surface area contributed by atoms with Crippen LogP contribution in [-0.4, -0.2) is 14.1 Å². The van der Waals surface area contributed by atoms with E-state index in [1.165, 1.54) is 17.8 Å². The quantitative estimate of drug-likeness (QED) is 0.328. The molecule has 0 unspecified atom stereocenters. The van der Waals surface area contributed by atoms with Gasteiger partial charge < -0.3 is 4.57 Å². The Balaban J connectivity index is 1.88. The van der Waals surface area contributed by atoms with E-state index in [0.29, 0.717) is 27.5 Å². The van der Waals surface area contributed by atoms with Crippen molar-refractivity contribution in [2.24, 2.45) is 7.05 Å². The SMILES string of the molecule is CC(C)n1c(SCc2ccccc2F)nc2c(-c3ccccc3)cn(C)c2c1=O. The number of rotatable bonds is 5. The molecule has 4 nitrogen and oxygen atoms in total. The summed E-state index contributed by atoms with van der Waals surface area (Å²) in [6.45, 7) is 3.92. The average Bonchev–Trinajstić information content (AvgIpc) is 3.04. The molecular weight excluding hydrogens is 385 g/mol. The first-order valence-corrected chi connectivity index (χ1v) is 10.5. The lowest BCUT2D eigenvalue weighted by molar-refractivity contribution is 0.517. The van der Waals surface area contributed by atoms with E-state index in [0.717, 1.165) is 11.1 Å². The summed E-state index contributed by atoms with van der Waals surface area (Å²) in [6, 6.07) is 16.6. The largest absolute Gasteiger partial charge is 0.344 e. The monoisotopic (exact) mass is 407 g/mol. The average molecular weight is 408 g/mol. The molecule has 0 spiro atoms. The number of hydrogen-bond acceptors (Lipinski definition) is 3. The minimum Gasteiger partial charge on any atom is -0.344 e. The third-order valence-corrected chi connectivity index (χ3v) is 5.91. The lowest BCUT2D eigenvalue weighted by Gasteiger charge is -2.16. The Bertz CT molecular complexity index is 1230. The predicted octanol–water partition coefficient (Wildman–Crippen LogP) is 5.41. The molecule has 6 heteroatoms. The Labute approximate surface area is 173 Å². The molecule has 0 bridgehead atoms. The Kier molecular flexibility index (Phi) is 5.28. The number of aromatic nitrogens is 3. The van der Waals surface area contributed by atoms with Crippen molar-refractivity contribution in [1.29, 1.82) is 0 Å². The summed E-state index contributed by atoms with van der Waals surface area (Å²) in [5, 5.41) is 0.601. The van der Waals surface area contributed by atoms with Crippen molar-refractivity contribution in [2.45, 2.75) is 30.8 Å². The number of aryl methyl sites for hydroxylation is 1. The number of thioether (sulfide) groups is 1. The zero-order valence-corrected chi connectivity index (χ0v) is 17.4. The molecule has 4 aromatic rings. The highest BCUT2D eigenvalue weighted by Crippen LogP contribution is 2.31. The zero-order valence-electron chi connectivity index (χ0n) is 16.6. The maximum atomic E-state index is 14.1. The Morgan fingerprint density at radius 2 is 1.76 bits per heavy atom. The van der Waals surface area contributed by atoms with Crippen LogP contribution >= 0.6 is 11.8 Å². The van der Waals surface area contributed by atoms with E-state index in [2.05, 4.69) is 0 Å². The van der Waals surface area contributed by atoms with Gasteiger partial charge in [0.05, 0.1) is 0 Å². The van der Waals surface area contributed by atoms with Crippen LogP contribution in [0.2, 0.25) is 0 Å². The van der Waals surface area contributed by atoms with Gasteiger partial charge in [0.15, 0.2) is 5.16 Å². The van der Waals surface area contributed by atoms with Crippen LogP contribution in [0.5, 0.6) is 0 Å². The van der Waals surface area contributed by atoms with Gasteiger partial charge in [-0.2, -0.15) is 0 Å². The number of nitrogens with zero attached hydrogens (tertiary/aromatic N) is 3. The highest BCUT2D eigenvalue weighted by atomic mass is 32.2. The standard InChI is InChI=1S/C23H22FN3OS/c1-15(2)27-22(28)21-20(18(13-26(21)3)16-9-5-4-6-10-16)25-23(27)29-14-17-11-7-8-12-19(17)24/h4-13,15H,14H2,1-3H3. The van der Waals surface area contributed by atoms with Gasteiger partial charge in [-0.25, -0.2) is 9.37 Å². The fourth-order valence-electron chi connectivity index (χ4n) is 3.47. The summed E-state index contributed by atoms with van der Waals surface area (Å²) in [5.74, 6) is 0.161. The Hall–Kier alpha value is -2.86. The van der Waals surface area contributed by atoms with Crippen molar-refractivity contribution >= 4 is 22.8 Å². The molecule has 2 aromatic carbocycles. The number of hydrogen-bond donors (Lipinski definition) is 0. The van der Waals surface area contributed by atoms with Crippen LogP contribution in [0, 0.1) is 5.82 Å². The second-order valence-corrected chi connectivity index (χ2v) is 8.20. The molecule has 0 saturated heterocycles. The molecule has 0 N–H and O–H groups in total. The number of halogens is 1. The second-order valence-electron chi connectivity index (χ2n) is 7.26. The molecule has 148 valence electrons. The van der Waals surface area contributed by atoms with Crippen LogP contribution in [0.1, 0.15) is 25.5 Å². The van der Waals surface area contributed by atoms with Gasteiger partial charge in [-0.15, -0.1) is 0 Å². The third kappa shape index (κ3) is 3.60. The van der Waals surface area contributed by atoms with Gasteiger partial charge in [0.25, 0.3) is 5.56 Å². The van der Waals surface area contributed by atoms with Crippen LogP contribution in [0.4, 0.5) is 4.39 Å². The van der Waals surface area contributed by atoms with E-state index >= 15 is 0 Å². The minimum atomic E-state index is -0.246. The molecule has 0 radical (unpaired) electrons. The first kappa shape index (κ1) is 19.5. The fourth-order valence-corrected chi connectivity index (χ4v) is 4.58. The molecule has 0 atom stereocenters. The molecule has 0 saturated carbocycles. The maximum absolute atomic E-state index is 14.1. The second kappa shape index (κ2) is 7.87. The minimum absolute atomic E-state index is 0.0578. The van der Waals surface area contributed by atoms with E-state index in [4.69, 9.17) is 4.98 Å². The first-order chi connectivity index (χ1) is 14.0. The smallest absolute Gasteiger partial charge is 0.278 e. The van der Waals surface area contributed by atoms with E-state index in [-0.39, 0.29) is 17.4 Å². The molecular formula is C23H22FN3OS. The maximum Gasteiger partial charge on any atom is 0.278 e. The van der Waals surface area contributed by atoms with Gasteiger partial charge in [0.1, 0.15) is 16.9 Å². The summed E-state index contributed by atoms with van der Waals surface area (Å²) in [4.78, 5) is 18.2. The van der Waals surface area contributed by atoms with Crippen molar-refractivity contribution in [3.05, 3.63) is 82.5 Å². The van der Waals surface area contributed by atoms with E-state index < -0.39 is 0 Å². The van der Waals surface area contributed by atoms with Crippen molar-refractivity contribution < 1.29 is 4.39 Å². The first-order valence-electron chi connectivity index (χ1n) is 9.50. The highest BCUT2D eigenvalue weighted by Gasteiger charge is 2.20. The predicted molar refractivity (Wildman–Crippen MR) is 117 cm³/mol. The van der Waals surface area contributed by atoms with Crippen molar-refractivity contribution in [2.75, 3.05) is 0 Å². The van der Waals surface area contributed by atoms with E-state index in [1.807, 2.05) is 68.1 Å². The van der Waals surface area contributed by atoms with Gasteiger partial charge >= 0.3 is 0 Å². The summed E-state index contributed by atoms with van der Waals surface area (Å²) >= 11 is 1.39. The fraction of sp³-hybridized carbons (Fsp3) is 0.217. The van der Waals surface area contributed by atoms with Gasteiger partial charge in [-0.3, -0.25) is 9.36 Å². The van der Waals surface area contributed by atoms with Crippen LogP contribution in [-0.2, 0) is 12.8 Å². The summed E-state index contributed by atoms with van der Waals surface area (Å²) in [7, 11) is 1.87. The van der Waals surface area contributed by atoms with Crippen LogP contribution in [0.25, 0.3) is 22.2 Å². The Morgan fingerprint density at radius 1 is 1.07 bits per heavy atom. The molecule has 0 fully saturated rings. The Morgan fingerprint density at radius 3 is 2.45 bits per heavy atom. The van der Waals surface area contributed by atoms with Gasteiger partial charge in [-0.1, -0.05) is 60.3 Å². The highest BCUT2D eigenvalue weighted by molar-refractivity contribution is 7.98. The lowest BCUT2D eigenvalue weighted by Crippen LogP contribution is -2.26. The number of fused-ring (bicyclic) bond motifs is 1. The molecule has 29 heavy (non-hydrogen) atoms. The summed E-state index contributed by atoms with van der Waals surface area (Å²) in [5.41, 5.74) is 3.70. The van der Waals surface area contributed by atoms with Gasteiger partial charge in [0.2, 0.25) is 0 Å². The van der Waals surface area contributed by atoms with Crippen LogP contribution in [0.15, 0.2) is 70.7 Å². The summed E-state index contributed by atoms with van der Waals surface area (Å²) < 4.78 is 17.6. The van der Waals surface area contributed by atoms with Gasteiger partial charge in [-0.05, 0) is 31.0 Å². The molecule has 4 rings (SSSR count). The molecule has 2 aromatic heterocycles. The lowest BCUT2D eigenvalue weighted by atomic mass is 10.1. The van der Waals surface area contributed by atoms with E-state index in [1.54, 1.807) is 16.7 Å². The summed E-state index contributed by atoms with van der Waals surface area (Å²) in [6.07, 6.45) is 1.95.